The minimum Gasteiger partial charge on any atom is -0.481 e. The van der Waals surface area contributed by atoms with E-state index in [9.17, 15) is 4.79 Å². The monoisotopic (exact) mass is 231 g/mol. The topological polar surface area (TPSA) is 63.3 Å². The zero-order valence-electron chi connectivity index (χ0n) is 6.36. The summed E-state index contributed by atoms with van der Waals surface area (Å²) in [6.07, 6.45) is 0.0558. The van der Waals surface area contributed by atoms with E-state index in [1.807, 2.05) is 0 Å². The van der Waals surface area contributed by atoms with Crippen molar-refractivity contribution in [1.82, 2.24) is 0 Å². The van der Waals surface area contributed by atoms with Crippen LogP contribution in [0.2, 0.25) is 0 Å². The van der Waals surface area contributed by atoms with Gasteiger partial charge in [-0.3, -0.25) is 4.79 Å². The van der Waals surface area contributed by atoms with Gasteiger partial charge >= 0.3 is 5.97 Å². The number of nitrogens with two attached hydrogens (primary N) is 1. The first kappa shape index (κ1) is 11.0. The molecule has 12 heavy (non-hydrogen) atoms. The highest BCUT2D eigenvalue weighted by Crippen LogP contribution is 2.05. The van der Waals surface area contributed by atoms with Gasteiger partial charge < -0.3 is 10.8 Å². The van der Waals surface area contributed by atoms with Crippen LogP contribution in [-0.2, 0) is 11.2 Å². The molecule has 1 rings (SSSR count). The minimum absolute atomic E-state index is 0. The lowest BCUT2D eigenvalue weighted by molar-refractivity contribution is -0.136. The predicted molar refractivity (Wildman–Crippen MR) is 52.5 cm³/mol. The summed E-state index contributed by atoms with van der Waals surface area (Å²) < 4.78 is 0. The van der Waals surface area contributed by atoms with Gasteiger partial charge in [0.15, 0.2) is 0 Å². The second-order valence-electron chi connectivity index (χ2n) is 2.31. The Balaban J connectivity index is 0.00000121. The first-order valence-corrected chi connectivity index (χ1v) is 3.24. The highest BCUT2D eigenvalue weighted by atomic mass is 79.9. The standard InChI is InChI=1S/C8H9NO2.BrH/c9-7-3-1-6(2-4-7)5-8(10)11;/h1-4H,5,9H2,(H,10,11);1H. The first-order chi connectivity index (χ1) is 5.18. The molecule has 0 saturated heterocycles. The van der Waals surface area contributed by atoms with Crippen LogP contribution in [0.25, 0.3) is 0 Å². The van der Waals surface area contributed by atoms with Gasteiger partial charge in [-0.1, -0.05) is 12.1 Å². The van der Waals surface area contributed by atoms with Crippen LogP contribution >= 0.6 is 17.0 Å². The smallest absolute Gasteiger partial charge is 0.307 e. The maximum Gasteiger partial charge on any atom is 0.307 e. The van der Waals surface area contributed by atoms with E-state index in [0.29, 0.717) is 5.69 Å². The summed E-state index contributed by atoms with van der Waals surface area (Å²) in [5, 5.41) is 8.40. The Morgan fingerprint density at radius 2 is 1.83 bits per heavy atom. The zero-order chi connectivity index (χ0) is 8.27. The highest BCUT2D eigenvalue weighted by molar-refractivity contribution is 8.93. The second-order valence-corrected chi connectivity index (χ2v) is 2.31. The van der Waals surface area contributed by atoms with Crippen LogP contribution < -0.4 is 5.73 Å². The van der Waals surface area contributed by atoms with E-state index in [0.717, 1.165) is 5.56 Å². The van der Waals surface area contributed by atoms with Gasteiger partial charge in [0.05, 0.1) is 6.42 Å². The van der Waals surface area contributed by atoms with Crippen LogP contribution in [0.3, 0.4) is 0 Å². The number of anilines is 1. The molecule has 0 aromatic heterocycles. The molecule has 0 saturated carbocycles. The number of nitrogen functional groups attached to an aromatic ring is 1. The molecule has 0 aliphatic rings. The Labute approximate surface area is 81.0 Å². The summed E-state index contributed by atoms with van der Waals surface area (Å²) in [6, 6.07) is 6.81. The highest BCUT2D eigenvalue weighted by Gasteiger charge is 1.98. The molecule has 0 unspecified atom stereocenters. The van der Waals surface area contributed by atoms with E-state index in [1.54, 1.807) is 24.3 Å². The summed E-state index contributed by atoms with van der Waals surface area (Å²) in [5.41, 5.74) is 6.83. The van der Waals surface area contributed by atoms with Crippen LogP contribution in [-0.4, -0.2) is 11.1 Å². The molecule has 0 atom stereocenters. The lowest BCUT2D eigenvalue weighted by Crippen LogP contribution is -1.99. The Morgan fingerprint density at radius 1 is 1.33 bits per heavy atom. The van der Waals surface area contributed by atoms with Gasteiger partial charge in [0.1, 0.15) is 0 Å². The summed E-state index contributed by atoms with van der Waals surface area (Å²) in [6.45, 7) is 0. The molecule has 0 aliphatic carbocycles. The number of carboxylic acids is 1. The lowest BCUT2D eigenvalue weighted by Gasteiger charge is -1.96. The Hall–Kier alpha value is -1.03. The van der Waals surface area contributed by atoms with Crippen LogP contribution in [0, 0.1) is 0 Å². The number of carbonyl (C=O) groups is 1. The van der Waals surface area contributed by atoms with Crippen molar-refractivity contribution in [3.8, 4) is 0 Å². The summed E-state index contributed by atoms with van der Waals surface area (Å²) in [4.78, 5) is 10.2. The minimum atomic E-state index is -0.824. The van der Waals surface area contributed by atoms with Crippen molar-refractivity contribution < 1.29 is 9.90 Å². The molecule has 1 aromatic rings. The Bertz CT molecular complexity index is 258. The third kappa shape index (κ3) is 3.39. The largest absolute Gasteiger partial charge is 0.481 e. The van der Waals surface area contributed by atoms with Crippen LogP contribution in [0.15, 0.2) is 24.3 Å². The SMILES string of the molecule is Br.Nc1ccc(CC(=O)O)cc1. The molecular weight excluding hydrogens is 222 g/mol. The van der Waals surface area contributed by atoms with E-state index >= 15 is 0 Å². The van der Waals surface area contributed by atoms with E-state index in [-0.39, 0.29) is 23.4 Å². The van der Waals surface area contributed by atoms with Crippen molar-refractivity contribution in [2.75, 3.05) is 5.73 Å². The average molecular weight is 232 g/mol. The van der Waals surface area contributed by atoms with E-state index in [1.165, 1.54) is 0 Å². The third-order valence-corrected chi connectivity index (χ3v) is 1.34. The fourth-order valence-corrected chi connectivity index (χ4v) is 0.810. The number of aliphatic carboxylic acids is 1. The average Bonchev–Trinajstić information content (AvgIpc) is 1.93. The third-order valence-electron chi connectivity index (χ3n) is 1.34. The van der Waals surface area contributed by atoms with Crippen molar-refractivity contribution in [1.29, 1.82) is 0 Å². The predicted octanol–water partition coefficient (Wildman–Crippen LogP) is 1.47. The summed E-state index contributed by atoms with van der Waals surface area (Å²) >= 11 is 0. The van der Waals surface area contributed by atoms with Gasteiger partial charge in [-0.2, -0.15) is 0 Å². The van der Waals surface area contributed by atoms with E-state index in [4.69, 9.17) is 10.8 Å². The van der Waals surface area contributed by atoms with Gasteiger partial charge in [0, 0.05) is 5.69 Å². The number of hydrogen-bond acceptors (Lipinski definition) is 2. The Morgan fingerprint density at radius 3 is 2.25 bits per heavy atom. The second kappa shape index (κ2) is 4.77. The maximum absolute atomic E-state index is 10.2. The Kier molecular flexibility index (Phi) is 4.36. The molecule has 0 bridgehead atoms. The molecule has 4 heteroatoms. The number of halogens is 1. The van der Waals surface area contributed by atoms with Crippen molar-refractivity contribution in [2.24, 2.45) is 0 Å². The van der Waals surface area contributed by atoms with Crippen LogP contribution in [0.4, 0.5) is 5.69 Å². The van der Waals surface area contributed by atoms with Crippen LogP contribution in [0.5, 0.6) is 0 Å². The molecule has 0 amide bonds. The zero-order valence-corrected chi connectivity index (χ0v) is 8.07. The molecule has 0 heterocycles. The van der Waals surface area contributed by atoms with Crippen molar-refractivity contribution in [3.05, 3.63) is 29.8 Å². The first-order valence-electron chi connectivity index (χ1n) is 3.24. The molecule has 66 valence electrons. The molecule has 1 aromatic carbocycles. The fourth-order valence-electron chi connectivity index (χ4n) is 0.810. The van der Waals surface area contributed by atoms with Gasteiger partial charge in [-0.05, 0) is 17.7 Å². The molecule has 0 aliphatic heterocycles. The number of hydrogen-bond donors (Lipinski definition) is 2. The van der Waals surface area contributed by atoms with Gasteiger partial charge in [0.2, 0.25) is 0 Å². The molecule has 0 spiro atoms. The summed E-state index contributed by atoms with van der Waals surface area (Å²) in [5.74, 6) is -0.824. The fraction of sp³-hybridized carbons (Fsp3) is 0.125. The van der Waals surface area contributed by atoms with Crippen molar-refractivity contribution in [3.63, 3.8) is 0 Å². The number of benzene rings is 1. The van der Waals surface area contributed by atoms with Crippen LogP contribution in [0.1, 0.15) is 5.56 Å². The normalized spacial score (nSPS) is 8.67. The number of rotatable bonds is 2. The number of carboxylic acid groups (broad SMARTS) is 1. The molecule has 3 N–H and O–H groups in total. The summed E-state index contributed by atoms with van der Waals surface area (Å²) in [7, 11) is 0. The van der Waals surface area contributed by atoms with Crippen molar-refractivity contribution >= 4 is 28.6 Å². The van der Waals surface area contributed by atoms with Crippen molar-refractivity contribution in [2.45, 2.75) is 6.42 Å². The van der Waals surface area contributed by atoms with E-state index in [2.05, 4.69) is 0 Å². The molecule has 3 nitrogen and oxygen atoms in total. The van der Waals surface area contributed by atoms with Gasteiger partial charge in [0.25, 0.3) is 0 Å². The molecule has 0 radical (unpaired) electrons. The van der Waals surface area contributed by atoms with Gasteiger partial charge in [-0.15, -0.1) is 17.0 Å². The molecular formula is C8H10BrNO2. The maximum atomic E-state index is 10.2. The molecule has 0 fully saturated rings. The quantitative estimate of drug-likeness (QED) is 0.759. The van der Waals surface area contributed by atoms with E-state index < -0.39 is 5.97 Å². The lowest BCUT2D eigenvalue weighted by atomic mass is 10.1. The van der Waals surface area contributed by atoms with Gasteiger partial charge in [-0.25, -0.2) is 0 Å².